The molecule has 37 heavy (non-hydrogen) atoms. The van der Waals surface area contributed by atoms with E-state index in [1.165, 1.54) is 11.8 Å². The Labute approximate surface area is 226 Å². The molecule has 1 amide bonds. The van der Waals surface area contributed by atoms with Gasteiger partial charge in [0.15, 0.2) is 16.7 Å². The van der Waals surface area contributed by atoms with E-state index in [9.17, 15) is 9.59 Å². The van der Waals surface area contributed by atoms with E-state index in [2.05, 4.69) is 43.5 Å². The van der Waals surface area contributed by atoms with Gasteiger partial charge in [-0.3, -0.25) is 4.79 Å². The summed E-state index contributed by atoms with van der Waals surface area (Å²) in [6, 6.07) is 7.34. The van der Waals surface area contributed by atoms with Gasteiger partial charge in [-0.1, -0.05) is 6.92 Å². The average Bonchev–Trinajstić information content (AvgIpc) is 3.72. The van der Waals surface area contributed by atoms with Gasteiger partial charge in [0, 0.05) is 28.8 Å². The monoisotopic (exact) mass is 543 g/mol. The van der Waals surface area contributed by atoms with Gasteiger partial charge in [0.2, 0.25) is 5.91 Å². The van der Waals surface area contributed by atoms with Gasteiger partial charge in [-0.2, -0.15) is 11.8 Å². The molecule has 0 radical (unpaired) electrons. The number of hydrogen-bond donors (Lipinski definition) is 4. The number of nitrogens with one attached hydrogen (secondary N) is 3. The van der Waals surface area contributed by atoms with Crippen LogP contribution in [0.15, 0.2) is 39.3 Å². The average molecular weight is 544 g/mol. The number of carbonyl (C=O) groups excluding carboxylic acids is 2. The first-order chi connectivity index (χ1) is 17.8. The molecule has 1 saturated carbocycles. The predicted molar refractivity (Wildman–Crippen MR) is 151 cm³/mol. The fraction of sp³-hybridized carbons (Fsp3) is 0.400. The number of anilines is 2. The number of amides is 1. The fourth-order valence-corrected chi connectivity index (χ4v) is 3.72. The normalized spacial score (nSPS) is 12.6. The SMILES string of the molecule is C#CC.CCNNC(C)=Nc1nc(Sc2ccc(NC(=O)C3CC3)cc2)nc(C(=O)OCCSC)c1N. The molecule has 1 aliphatic carbocycles. The Morgan fingerprint density at radius 2 is 1.95 bits per heavy atom. The molecule has 0 aliphatic heterocycles. The number of ether oxygens (including phenoxy) is 1. The second-order valence-corrected chi connectivity index (χ2v) is 9.78. The van der Waals surface area contributed by atoms with E-state index in [1.807, 2.05) is 37.4 Å². The molecule has 0 bridgehead atoms. The van der Waals surface area contributed by atoms with Gasteiger partial charge in [-0.05, 0) is 69.0 Å². The minimum absolute atomic E-state index is 0.0260. The molecule has 0 unspecified atom stereocenters. The number of aromatic nitrogens is 2. The van der Waals surface area contributed by atoms with Crippen LogP contribution in [0.4, 0.5) is 17.2 Å². The molecule has 1 heterocycles. The first-order valence-electron chi connectivity index (χ1n) is 11.7. The Balaban J connectivity index is 0.00000153. The number of esters is 1. The van der Waals surface area contributed by atoms with Crippen LogP contribution in [0.3, 0.4) is 0 Å². The summed E-state index contributed by atoms with van der Waals surface area (Å²) in [6.07, 6.45) is 8.42. The van der Waals surface area contributed by atoms with Gasteiger partial charge >= 0.3 is 5.97 Å². The zero-order valence-corrected chi connectivity index (χ0v) is 23.1. The van der Waals surface area contributed by atoms with Crippen LogP contribution in [-0.2, 0) is 9.53 Å². The summed E-state index contributed by atoms with van der Waals surface area (Å²) >= 11 is 2.82. The molecular formula is C25H33N7O3S2. The number of benzene rings is 1. The van der Waals surface area contributed by atoms with Crippen molar-refractivity contribution in [3.63, 3.8) is 0 Å². The van der Waals surface area contributed by atoms with Gasteiger partial charge in [0.05, 0.1) is 0 Å². The first kappa shape index (κ1) is 30.0. The fourth-order valence-electron chi connectivity index (χ4n) is 2.71. The van der Waals surface area contributed by atoms with E-state index in [-0.39, 0.29) is 35.6 Å². The van der Waals surface area contributed by atoms with Gasteiger partial charge < -0.3 is 21.2 Å². The summed E-state index contributed by atoms with van der Waals surface area (Å²) in [5.41, 5.74) is 12.8. The zero-order chi connectivity index (χ0) is 27.2. The maximum absolute atomic E-state index is 12.6. The molecule has 0 atom stereocenters. The number of carbonyl (C=O) groups is 2. The van der Waals surface area contributed by atoms with Crippen LogP contribution in [0.5, 0.6) is 0 Å². The minimum Gasteiger partial charge on any atom is -0.460 e. The number of hydrazine groups is 1. The lowest BCUT2D eigenvalue weighted by Gasteiger charge is -2.11. The number of nitrogen functional groups attached to an aromatic ring is 1. The standard InChI is InChI=1S/C22H29N7O3S2.C3H4/c1-4-24-29-13(2)25-19-17(23)18(21(31)32-11-12-33-3)27-22(28-19)34-16-9-7-15(8-10-16)26-20(30)14-5-6-14;1-3-2/h7-10,14,24H,4-6,11-12,23H2,1-3H3,(H,26,30)(H,25,27,28,29);1H,2H3. The number of nitrogens with two attached hydrogens (primary N) is 1. The van der Waals surface area contributed by atoms with Crippen molar-refractivity contribution in [2.45, 2.75) is 43.7 Å². The molecule has 1 aromatic carbocycles. The second kappa shape index (κ2) is 15.8. The lowest BCUT2D eigenvalue weighted by atomic mass is 10.3. The van der Waals surface area contributed by atoms with Gasteiger partial charge in [0.25, 0.3) is 0 Å². The van der Waals surface area contributed by atoms with Crippen LogP contribution in [-0.4, -0.2) is 52.8 Å². The molecule has 2 aromatic rings. The third-order valence-electron chi connectivity index (χ3n) is 4.62. The number of rotatable bonds is 11. The molecule has 10 nitrogen and oxygen atoms in total. The summed E-state index contributed by atoms with van der Waals surface area (Å²) in [7, 11) is 0. The lowest BCUT2D eigenvalue weighted by molar-refractivity contribution is -0.117. The quantitative estimate of drug-likeness (QED) is 0.0627. The summed E-state index contributed by atoms with van der Waals surface area (Å²) in [5, 5.41) is 3.21. The summed E-state index contributed by atoms with van der Waals surface area (Å²) in [6.45, 7) is 6.29. The van der Waals surface area contributed by atoms with Gasteiger partial charge in [-0.25, -0.2) is 25.2 Å². The molecule has 1 fully saturated rings. The van der Waals surface area contributed by atoms with Crippen LogP contribution >= 0.6 is 23.5 Å². The van der Waals surface area contributed by atoms with E-state index in [0.29, 0.717) is 23.3 Å². The van der Waals surface area contributed by atoms with Crippen LogP contribution in [0.25, 0.3) is 0 Å². The predicted octanol–water partition coefficient (Wildman–Crippen LogP) is 3.88. The molecule has 1 aromatic heterocycles. The Bertz CT molecular complexity index is 1130. The third-order valence-corrected chi connectivity index (χ3v) is 6.07. The number of thioether (sulfide) groups is 1. The van der Waals surface area contributed by atoms with Crippen molar-refractivity contribution in [3.8, 4) is 12.3 Å². The maximum Gasteiger partial charge on any atom is 0.359 e. The van der Waals surface area contributed by atoms with Crippen LogP contribution in [0, 0.1) is 18.3 Å². The van der Waals surface area contributed by atoms with Crippen LogP contribution < -0.4 is 21.9 Å². The van der Waals surface area contributed by atoms with Crippen LogP contribution in [0.1, 0.15) is 44.1 Å². The highest BCUT2D eigenvalue weighted by atomic mass is 32.2. The molecule has 5 N–H and O–H groups in total. The lowest BCUT2D eigenvalue weighted by Crippen LogP contribution is -2.35. The Morgan fingerprint density at radius 1 is 1.27 bits per heavy atom. The van der Waals surface area contributed by atoms with Crippen molar-refractivity contribution >= 4 is 58.4 Å². The number of amidine groups is 1. The molecule has 198 valence electrons. The highest BCUT2D eigenvalue weighted by Gasteiger charge is 2.29. The van der Waals surface area contributed by atoms with E-state index in [4.69, 9.17) is 10.5 Å². The maximum atomic E-state index is 12.6. The number of hydrogen-bond acceptors (Lipinski definition) is 10. The van der Waals surface area contributed by atoms with E-state index >= 15 is 0 Å². The first-order valence-corrected chi connectivity index (χ1v) is 13.9. The number of terminal acetylenes is 1. The highest BCUT2D eigenvalue weighted by Crippen LogP contribution is 2.33. The smallest absolute Gasteiger partial charge is 0.359 e. The van der Waals surface area contributed by atoms with Crippen LogP contribution in [0.2, 0.25) is 0 Å². The van der Waals surface area contributed by atoms with E-state index in [0.717, 1.165) is 23.4 Å². The van der Waals surface area contributed by atoms with Crippen molar-refractivity contribution in [1.82, 2.24) is 20.8 Å². The molecule has 12 heteroatoms. The van der Waals surface area contributed by atoms with E-state index in [1.54, 1.807) is 25.6 Å². The van der Waals surface area contributed by atoms with Crippen molar-refractivity contribution < 1.29 is 14.3 Å². The molecule has 0 spiro atoms. The molecular weight excluding hydrogens is 510 g/mol. The zero-order valence-electron chi connectivity index (χ0n) is 21.5. The topological polar surface area (TPSA) is 144 Å². The molecule has 3 rings (SSSR count). The van der Waals surface area contributed by atoms with Crippen molar-refractivity contribution in [1.29, 1.82) is 0 Å². The molecule has 1 aliphatic rings. The summed E-state index contributed by atoms with van der Waals surface area (Å²) in [5.74, 6) is 3.18. The summed E-state index contributed by atoms with van der Waals surface area (Å²) < 4.78 is 5.30. The third kappa shape index (κ3) is 10.3. The van der Waals surface area contributed by atoms with Crippen molar-refractivity contribution in [2.75, 3.05) is 36.2 Å². The number of aliphatic imine (C=N–C) groups is 1. The van der Waals surface area contributed by atoms with Crippen molar-refractivity contribution in [2.24, 2.45) is 10.9 Å². The van der Waals surface area contributed by atoms with E-state index < -0.39 is 5.97 Å². The summed E-state index contributed by atoms with van der Waals surface area (Å²) in [4.78, 5) is 38.6. The van der Waals surface area contributed by atoms with Gasteiger partial charge in [-0.15, -0.1) is 12.3 Å². The Kier molecular flexibility index (Phi) is 12.8. The Morgan fingerprint density at radius 3 is 2.54 bits per heavy atom. The largest absolute Gasteiger partial charge is 0.460 e. The van der Waals surface area contributed by atoms with Crippen molar-refractivity contribution in [3.05, 3.63) is 30.0 Å². The minimum atomic E-state index is -0.623. The van der Waals surface area contributed by atoms with Gasteiger partial charge in [0.1, 0.15) is 18.1 Å². The number of nitrogens with zero attached hydrogens (tertiary/aromatic N) is 3. The second-order valence-electron chi connectivity index (χ2n) is 7.75. The highest BCUT2D eigenvalue weighted by molar-refractivity contribution is 7.99. The molecule has 0 saturated heterocycles. The Hall–Kier alpha value is -3.27.